The third-order valence-electron chi connectivity index (χ3n) is 3.91. The zero-order valence-corrected chi connectivity index (χ0v) is 11.6. The molecule has 0 saturated heterocycles. The molecule has 0 aliphatic heterocycles. The molecule has 1 fully saturated rings. The molecule has 0 spiro atoms. The van der Waals surface area contributed by atoms with Gasteiger partial charge in [-0.1, -0.05) is 60.7 Å². The van der Waals surface area contributed by atoms with Gasteiger partial charge in [0.1, 0.15) is 5.60 Å². The Bertz CT molecular complexity index is 536. The summed E-state index contributed by atoms with van der Waals surface area (Å²) in [7, 11) is 0. The zero-order chi connectivity index (χ0) is 13.8. The number of hydrogen-bond donors (Lipinski definition) is 2. The molecule has 1 aliphatic rings. The van der Waals surface area contributed by atoms with Crippen molar-refractivity contribution < 1.29 is 5.11 Å². The van der Waals surface area contributed by atoms with E-state index in [1.165, 1.54) is 12.8 Å². The van der Waals surface area contributed by atoms with Gasteiger partial charge in [0, 0.05) is 19.0 Å². The summed E-state index contributed by atoms with van der Waals surface area (Å²) in [6, 6.07) is 20.8. The van der Waals surface area contributed by atoms with Crippen molar-refractivity contribution in [1.29, 1.82) is 0 Å². The van der Waals surface area contributed by atoms with E-state index in [4.69, 9.17) is 0 Å². The molecule has 0 heterocycles. The van der Waals surface area contributed by atoms with Crippen LogP contribution in [-0.2, 0) is 12.0 Å². The van der Waals surface area contributed by atoms with Gasteiger partial charge in [-0.2, -0.15) is 0 Å². The highest BCUT2D eigenvalue weighted by Gasteiger charge is 2.32. The van der Waals surface area contributed by atoms with Gasteiger partial charge in [-0.05, 0) is 24.0 Å². The predicted octanol–water partition coefficient (Wildman–Crippen LogP) is 2.87. The van der Waals surface area contributed by atoms with Crippen LogP contribution in [0.15, 0.2) is 60.7 Å². The molecular formula is C18H21NO. The van der Waals surface area contributed by atoms with Gasteiger partial charge in [-0.3, -0.25) is 0 Å². The van der Waals surface area contributed by atoms with Crippen LogP contribution in [0.25, 0.3) is 0 Å². The summed E-state index contributed by atoms with van der Waals surface area (Å²) in [4.78, 5) is 0. The van der Waals surface area contributed by atoms with Crippen LogP contribution in [-0.4, -0.2) is 17.7 Å². The lowest BCUT2D eigenvalue weighted by molar-refractivity contribution is 0.0366. The second-order valence-corrected chi connectivity index (χ2v) is 5.72. The van der Waals surface area contributed by atoms with Crippen molar-refractivity contribution >= 4 is 0 Å². The Morgan fingerprint density at radius 1 is 0.950 bits per heavy atom. The second-order valence-electron chi connectivity index (χ2n) is 5.72. The lowest BCUT2D eigenvalue weighted by atomic mass is 9.87. The molecule has 2 nitrogen and oxygen atoms in total. The van der Waals surface area contributed by atoms with Crippen molar-refractivity contribution in [1.82, 2.24) is 5.32 Å². The zero-order valence-electron chi connectivity index (χ0n) is 11.6. The van der Waals surface area contributed by atoms with Gasteiger partial charge in [0.2, 0.25) is 0 Å². The lowest BCUT2D eigenvalue weighted by Gasteiger charge is -2.29. The number of nitrogens with one attached hydrogen (secondary N) is 1. The highest BCUT2D eigenvalue weighted by molar-refractivity contribution is 5.27. The summed E-state index contributed by atoms with van der Waals surface area (Å²) >= 11 is 0. The molecule has 1 atom stereocenters. The minimum atomic E-state index is -0.842. The third kappa shape index (κ3) is 3.27. The monoisotopic (exact) mass is 267 g/mol. The molecular weight excluding hydrogens is 246 g/mol. The Kier molecular flexibility index (Phi) is 3.86. The topological polar surface area (TPSA) is 32.3 Å². The van der Waals surface area contributed by atoms with Gasteiger partial charge in [0.25, 0.3) is 0 Å². The van der Waals surface area contributed by atoms with E-state index in [1.807, 2.05) is 48.5 Å². The smallest absolute Gasteiger partial charge is 0.106 e. The summed E-state index contributed by atoms with van der Waals surface area (Å²) < 4.78 is 0. The first kappa shape index (κ1) is 13.3. The predicted molar refractivity (Wildman–Crippen MR) is 81.5 cm³/mol. The van der Waals surface area contributed by atoms with E-state index in [2.05, 4.69) is 17.4 Å². The summed E-state index contributed by atoms with van der Waals surface area (Å²) in [5.41, 5.74) is 1.30. The minimum Gasteiger partial charge on any atom is -0.383 e. The fourth-order valence-corrected chi connectivity index (χ4v) is 2.55. The largest absolute Gasteiger partial charge is 0.383 e. The molecule has 2 aromatic carbocycles. The molecule has 0 bridgehead atoms. The summed E-state index contributed by atoms with van der Waals surface area (Å²) in [5, 5.41) is 14.6. The van der Waals surface area contributed by atoms with Gasteiger partial charge in [-0.15, -0.1) is 0 Å². The fraction of sp³-hybridized carbons (Fsp3) is 0.333. The van der Waals surface area contributed by atoms with Gasteiger partial charge >= 0.3 is 0 Å². The average molecular weight is 267 g/mol. The average Bonchev–Trinajstić information content (AvgIpc) is 3.32. The van der Waals surface area contributed by atoms with Crippen LogP contribution < -0.4 is 5.32 Å². The van der Waals surface area contributed by atoms with Crippen LogP contribution in [0.5, 0.6) is 0 Å². The molecule has 3 rings (SSSR count). The molecule has 0 amide bonds. The van der Waals surface area contributed by atoms with Crippen LogP contribution in [0.1, 0.15) is 24.0 Å². The van der Waals surface area contributed by atoms with E-state index in [-0.39, 0.29) is 0 Å². The summed E-state index contributed by atoms with van der Waals surface area (Å²) in [5.74, 6) is 0. The summed E-state index contributed by atoms with van der Waals surface area (Å²) in [6.07, 6.45) is 3.10. The number of benzene rings is 2. The van der Waals surface area contributed by atoms with Crippen LogP contribution in [0.3, 0.4) is 0 Å². The molecule has 20 heavy (non-hydrogen) atoms. The standard InChI is InChI=1S/C18H21NO/c20-18(14-19-17-11-12-17,16-9-5-2-6-10-16)13-15-7-3-1-4-8-15/h1-10,17,19-20H,11-14H2. The van der Waals surface area contributed by atoms with Crippen molar-refractivity contribution in [2.24, 2.45) is 0 Å². The molecule has 1 aliphatic carbocycles. The van der Waals surface area contributed by atoms with E-state index in [0.717, 1.165) is 11.1 Å². The van der Waals surface area contributed by atoms with Crippen molar-refractivity contribution in [3.05, 3.63) is 71.8 Å². The second kappa shape index (κ2) is 5.78. The van der Waals surface area contributed by atoms with Gasteiger partial charge in [0.05, 0.1) is 0 Å². The van der Waals surface area contributed by atoms with Crippen molar-refractivity contribution in [3.8, 4) is 0 Å². The van der Waals surface area contributed by atoms with Crippen LogP contribution in [0.2, 0.25) is 0 Å². The van der Waals surface area contributed by atoms with E-state index in [0.29, 0.717) is 19.0 Å². The molecule has 0 radical (unpaired) electrons. The van der Waals surface area contributed by atoms with E-state index >= 15 is 0 Å². The first-order valence-electron chi connectivity index (χ1n) is 7.31. The quantitative estimate of drug-likeness (QED) is 0.843. The Morgan fingerprint density at radius 2 is 1.55 bits per heavy atom. The molecule has 2 heteroatoms. The van der Waals surface area contributed by atoms with Gasteiger partial charge in [-0.25, -0.2) is 0 Å². The van der Waals surface area contributed by atoms with E-state index in [1.54, 1.807) is 0 Å². The Hall–Kier alpha value is -1.64. The number of hydrogen-bond acceptors (Lipinski definition) is 2. The molecule has 2 N–H and O–H groups in total. The van der Waals surface area contributed by atoms with Gasteiger partial charge in [0.15, 0.2) is 0 Å². The number of aliphatic hydroxyl groups is 1. The van der Waals surface area contributed by atoms with Crippen LogP contribution in [0.4, 0.5) is 0 Å². The van der Waals surface area contributed by atoms with Crippen LogP contribution >= 0.6 is 0 Å². The lowest BCUT2D eigenvalue weighted by Crippen LogP contribution is -2.40. The van der Waals surface area contributed by atoms with Crippen molar-refractivity contribution in [2.45, 2.75) is 30.9 Å². The first-order chi connectivity index (χ1) is 9.76. The van der Waals surface area contributed by atoms with Crippen molar-refractivity contribution in [3.63, 3.8) is 0 Å². The first-order valence-corrected chi connectivity index (χ1v) is 7.31. The van der Waals surface area contributed by atoms with Gasteiger partial charge < -0.3 is 10.4 Å². The normalized spacial score (nSPS) is 17.6. The highest BCUT2D eigenvalue weighted by Crippen LogP contribution is 2.27. The Labute approximate surface area is 120 Å². The van der Waals surface area contributed by atoms with Crippen molar-refractivity contribution in [2.75, 3.05) is 6.54 Å². The maximum Gasteiger partial charge on any atom is 0.106 e. The molecule has 1 saturated carbocycles. The molecule has 1 unspecified atom stereocenters. The van der Waals surface area contributed by atoms with E-state index < -0.39 is 5.60 Å². The molecule has 104 valence electrons. The maximum atomic E-state index is 11.2. The third-order valence-corrected chi connectivity index (χ3v) is 3.91. The SMILES string of the molecule is OC(CNC1CC1)(Cc1ccccc1)c1ccccc1. The van der Waals surface area contributed by atoms with E-state index in [9.17, 15) is 5.11 Å². The van der Waals surface area contributed by atoms with Crippen LogP contribution in [0, 0.1) is 0 Å². The fourth-order valence-electron chi connectivity index (χ4n) is 2.55. The Balaban J connectivity index is 1.82. The maximum absolute atomic E-state index is 11.2. The minimum absolute atomic E-state index is 0.598. The number of rotatable bonds is 6. The molecule has 0 aromatic heterocycles. The summed E-state index contributed by atoms with van der Waals surface area (Å²) in [6.45, 7) is 0.608. The Morgan fingerprint density at radius 3 is 2.15 bits per heavy atom. The molecule has 2 aromatic rings. The highest BCUT2D eigenvalue weighted by atomic mass is 16.3.